The number of benzene rings is 3. The summed E-state index contributed by atoms with van der Waals surface area (Å²) in [6.07, 6.45) is 11.9. The Bertz CT molecular complexity index is 1420. The first-order valence-corrected chi connectivity index (χ1v) is 14.1. The van der Waals surface area contributed by atoms with Gasteiger partial charge in [0.2, 0.25) is 0 Å². The molecule has 1 fully saturated rings. The topological polar surface area (TPSA) is 24.9 Å². The van der Waals surface area contributed by atoms with Crippen LogP contribution in [0.5, 0.6) is 0 Å². The Kier molecular flexibility index (Phi) is 9.22. The molecule has 3 aromatic rings. The first kappa shape index (κ1) is 29.9. The van der Waals surface area contributed by atoms with Crippen molar-refractivity contribution in [2.24, 2.45) is 0 Å². The SMILES string of the molecule is C=C/C=C(\C=C)N(c1ccccc1)c1ccc(N(C(/C=C\C)=C/C)c2ccc(B3OC(C)(C)C(C)(C)O3)cc2)cc1. The van der Waals surface area contributed by atoms with Crippen molar-refractivity contribution in [3.63, 3.8) is 0 Å². The number of para-hydroxylation sites is 1. The lowest BCUT2D eigenvalue weighted by atomic mass is 9.79. The predicted octanol–water partition coefficient (Wildman–Crippen LogP) is 9.00. The average Bonchev–Trinajstić information content (AvgIpc) is 3.20. The van der Waals surface area contributed by atoms with Crippen LogP contribution in [0.15, 0.2) is 140 Å². The number of hydrogen-bond acceptors (Lipinski definition) is 4. The van der Waals surface area contributed by atoms with E-state index in [1.54, 1.807) is 6.08 Å². The maximum Gasteiger partial charge on any atom is 0.494 e. The van der Waals surface area contributed by atoms with Crippen LogP contribution in [0.25, 0.3) is 0 Å². The molecule has 0 radical (unpaired) electrons. The van der Waals surface area contributed by atoms with Gasteiger partial charge < -0.3 is 19.1 Å². The second kappa shape index (κ2) is 12.6. The van der Waals surface area contributed by atoms with Gasteiger partial charge >= 0.3 is 7.12 Å². The predicted molar refractivity (Wildman–Crippen MR) is 176 cm³/mol. The van der Waals surface area contributed by atoms with Gasteiger partial charge in [0.1, 0.15) is 0 Å². The van der Waals surface area contributed by atoms with Crippen molar-refractivity contribution in [2.75, 3.05) is 9.80 Å². The van der Waals surface area contributed by atoms with Crippen molar-refractivity contribution >= 4 is 35.3 Å². The Morgan fingerprint density at radius 3 is 1.59 bits per heavy atom. The fourth-order valence-electron chi connectivity index (χ4n) is 4.81. The minimum Gasteiger partial charge on any atom is -0.399 e. The summed E-state index contributed by atoms with van der Waals surface area (Å²) < 4.78 is 12.6. The summed E-state index contributed by atoms with van der Waals surface area (Å²) in [6.45, 7) is 20.3. The fourth-order valence-corrected chi connectivity index (χ4v) is 4.81. The van der Waals surface area contributed by atoms with Crippen LogP contribution in [0.1, 0.15) is 41.5 Å². The molecule has 4 rings (SSSR count). The molecule has 1 heterocycles. The largest absolute Gasteiger partial charge is 0.494 e. The summed E-state index contributed by atoms with van der Waals surface area (Å²) in [4.78, 5) is 4.42. The highest BCUT2D eigenvalue weighted by atomic mass is 16.7. The Labute approximate surface area is 246 Å². The van der Waals surface area contributed by atoms with E-state index in [1.165, 1.54) is 0 Å². The van der Waals surface area contributed by atoms with Gasteiger partial charge in [-0.15, -0.1) is 0 Å². The van der Waals surface area contributed by atoms with Crippen LogP contribution in [-0.2, 0) is 9.31 Å². The summed E-state index contributed by atoms with van der Waals surface area (Å²) in [6, 6.07) is 27.3. The number of anilines is 4. The molecule has 1 saturated heterocycles. The van der Waals surface area contributed by atoms with Crippen LogP contribution in [0, 0.1) is 0 Å². The molecule has 0 saturated carbocycles. The highest BCUT2D eigenvalue weighted by molar-refractivity contribution is 6.62. The zero-order chi connectivity index (χ0) is 29.6. The Hall–Kier alpha value is -4.06. The van der Waals surface area contributed by atoms with E-state index in [0.29, 0.717) is 0 Å². The smallest absolute Gasteiger partial charge is 0.399 e. The van der Waals surface area contributed by atoms with Gasteiger partial charge in [-0.2, -0.15) is 0 Å². The molecular formula is C36H41BN2O2. The first-order chi connectivity index (χ1) is 19.7. The standard InChI is InChI=1S/C36H41BN2O2/c1-9-16-29(11-3)38(31-18-14-13-15-19-31)33-24-26-34(27-25-33)39(30(12-4)17-10-2)32-22-20-28(21-23-32)37-40-35(5,6)36(7,8)41-37/h9-27H,1,3H2,2,4-8H3/b17-10-,29-16+,30-12+. The normalized spacial score (nSPS) is 16.6. The Morgan fingerprint density at radius 1 is 0.683 bits per heavy atom. The third kappa shape index (κ3) is 6.32. The van der Waals surface area contributed by atoms with Gasteiger partial charge in [0.05, 0.1) is 11.2 Å². The van der Waals surface area contributed by atoms with E-state index in [2.05, 4.69) is 136 Å². The maximum atomic E-state index is 6.28. The average molecular weight is 545 g/mol. The van der Waals surface area contributed by atoms with Crippen LogP contribution < -0.4 is 15.3 Å². The van der Waals surface area contributed by atoms with Gasteiger partial charge in [0.25, 0.3) is 0 Å². The molecule has 4 nitrogen and oxygen atoms in total. The van der Waals surface area contributed by atoms with Crippen molar-refractivity contribution in [3.05, 3.63) is 140 Å². The molecule has 0 unspecified atom stereocenters. The number of rotatable bonds is 10. The second-order valence-corrected chi connectivity index (χ2v) is 10.9. The monoisotopic (exact) mass is 544 g/mol. The van der Waals surface area contributed by atoms with E-state index in [1.807, 2.05) is 37.3 Å². The van der Waals surface area contributed by atoms with Crippen LogP contribution in [-0.4, -0.2) is 18.3 Å². The lowest BCUT2D eigenvalue weighted by Gasteiger charge is -2.32. The molecule has 0 N–H and O–H groups in total. The summed E-state index contributed by atoms with van der Waals surface area (Å²) in [5.74, 6) is 0. The molecule has 5 heteroatoms. The highest BCUT2D eigenvalue weighted by Crippen LogP contribution is 2.38. The van der Waals surface area contributed by atoms with E-state index in [0.717, 1.165) is 39.6 Å². The van der Waals surface area contributed by atoms with E-state index >= 15 is 0 Å². The maximum absolute atomic E-state index is 6.28. The third-order valence-electron chi connectivity index (χ3n) is 7.70. The molecule has 41 heavy (non-hydrogen) atoms. The van der Waals surface area contributed by atoms with Crippen molar-refractivity contribution in [1.29, 1.82) is 0 Å². The molecule has 210 valence electrons. The third-order valence-corrected chi connectivity index (χ3v) is 7.70. The number of hydrogen-bond donors (Lipinski definition) is 0. The molecule has 0 bridgehead atoms. The minimum absolute atomic E-state index is 0.381. The van der Waals surface area contributed by atoms with E-state index in [-0.39, 0.29) is 11.2 Å². The first-order valence-electron chi connectivity index (χ1n) is 14.1. The number of nitrogens with zero attached hydrogens (tertiary/aromatic N) is 2. The van der Waals surface area contributed by atoms with Gasteiger partial charge in [-0.05, 0) is 114 Å². The molecule has 3 aromatic carbocycles. The summed E-state index contributed by atoms with van der Waals surface area (Å²) in [5, 5.41) is 0. The zero-order valence-corrected chi connectivity index (χ0v) is 25.2. The molecular weight excluding hydrogens is 503 g/mol. The van der Waals surface area contributed by atoms with Crippen LogP contribution in [0.2, 0.25) is 0 Å². The van der Waals surface area contributed by atoms with Crippen LogP contribution >= 0.6 is 0 Å². The summed E-state index contributed by atoms with van der Waals surface area (Å²) in [7, 11) is -0.398. The number of allylic oxidation sites excluding steroid dienone is 6. The lowest BCUT2D eigenvalue weighted by Crippen LogP contribution is -2.41. The molecule has 0 aliphatic carbocycles. The molecule has 1 aliphatic heterocycles. The van der Waals surface area contributed by atoms with Crippen LogP contribution in [0.3, 0.4) is 0 Å². The highest BCUT2D eigenvalue weighted by Gasteiger charge is 2.51. The Balaban J connectivity index is 1.71. The molecule has 0 atom stereocenters. The quantitative estimate of drug-likeness (QED) is 0.188. The Morgan fingerprint density at radius 2 is 1.15 bits per heavy atom. The van der Waals surface area contributed by atoms with Gasteiger partial charge in [-0.25, -0.2) is 0 Å². The van der Waals surface area contributed by atoms with E-state index in [9.17, 15) is 0 Å². The van der Waals surface area contributed by atoms with Gasteiger partial charge in [0.15, 0.2) is 0 Å². The van der Waals surface area contributed by atoms with Crippen molar-refractivity contribution in [3.8, 4) is 0 Å². The second-order valence-electron chi connectivity index (χ2n) is 10.9. The summed E-state index contributed by atoms with van der Waals surface area (Å²) in [5.41, 5.74) is 6.41. The van der Waals surface area contributed by atoms with E-state index < -0.39 is 7.12 Å². The van der Waals surface area contributed by atoms with Gasteiger partial charge in [0, 0.05) is 34.1 Å². The van der Waals surface area contributed by atoms with Crippen LogP contribution in [0.4, 0.5) is 22.7 Å². The van der Waals surface area contributed by atoms with E-state index in [4.69, 9.17) is 9.31 Å². The minimum atomic E-state index is -0.398. The molecule has 1 aliphatic rings. The zero-order valence-electron chi connectivity index (χ0n) is 25.2. The summed E-state index contributed by atoms with van der Waals surface area (Å²) >= 11 is 0. The molecule has 0 spiro atoms. The van der Waals surface area contributed by atoms with Gasteiger partial charge in [-0.1, -0.05) is 61.7 Å². The van der Waals surface area contributed by atoms with Crippen molar-refractivity contribution < 1.29 is 9.31 Å². The molecule has 0 amide bonds. The molecule has 0 aromatic heterocycles. The fraction of sp³-hybridized carbons (Fsp3) is 0.222. The van der Waals surface area contributed by atoms with Crippen molar-refractivity contribution in [2.45, 2.75) is 52.7 Å². The van der Waals surface area contributed by atoms with Gasteiger partial charge in [-0.3, -0.25) is 0 Å². The lowest BCUT2D eigenvalue weighted by molar-refractivity contribution is 0.00578. The van der Waals surface area contributed by atoms with Crippen molar-refractivity contribution in [1.82, 2.24) is 0 Å².